The van der Waals surface area contributed by atoms with E-state index in [4.69, 9.17) is 9.47 Å². The molecule has 0 unspecified atom stereocenters. The zero-order valence-electron chi connectivity index (χ0n) is 14.4. The summed E-state index contributed by atoms with van der Waals surface area (Å²) >= 11 is 0. The molecule has 0 saturated heterocycles. The lowest BCUT2D eigenvalue weighted by molar-refractivity contribution is 0.102. The monoisotopic (exact) mass is 329 g/mol. The van der Waals surface area contributed by atoms with Crippen molar-refractivity contribution in [2.24, 2.45) is 5.92 Å². The molecule has 0 radical (unpaired) electrons. The molecule has 5 nitrogen and oxygen atoms in total. The summed E-state index contributed by atoms with van der Waals surface area (Å²) in [6.45, 7) is 6.55. The number of aryl methyl sites for hydroxylation is 1. The topological polar surface area (TPSA) is 67.8 Å². The summed E-state index contributed by atoms with van der Waals surface area (Å²) in [6, 6.07) is 10.1. The zero-order valence-corrected chi connectivity index (χ0v) is 14.4. The van der Waals surface area contributed by atoms with Gasteiger partial charge in [-0.25, -0.2) is 0 Å². The Morgan fingerprint density at radius 2 is 1.92 bits per heavy atom. The number of aromatic hydroxyl groups is 1. The molecule has 0 bridgehead atoms. The lowest BCUT2D eigenvalue weighted by Crippen LogP contribution is -2.12. The molecule has 0 aliphatic rings. The maximum absolute atomic E-state index is 12.4. The number of nitrogens with one attached hydrogen (secondary N) is 1. The van der Waals surface area contributed by atoms with Crippen LogP contribution in [-0.4, -0.2) is 24.7 Å². The van der Waals surface area contributed by atoms with Gasteiger partial charge in [-0.05, 0) is 48.7 Å². The molecule has 0 heterocycles. The van der Waals surface area contributed by atoms with Crippen LogP contribution >= 0.6 is 0 Å². The number of hydrogen-bond donors (Lipinski definition) is 2. The predicted molar refractivity (Wildman–Crippen MR) is 94.1 cm³/mol. The van der Waals surface area contributed by atoms with Gasteiger partial charge < -0.3 is 19.9 Å². The SMILES string of the molecule is COc1cc(C(=O)Nc2ccc(C)cc2O)ccc1OCC(C)C. The van der Waals surface area contributed by atoms with Crippen LogP contribution in [0.3, 0.4) is 0 Å². The minimum Gasteiger partial charge on any atom is -0.506 e. The number of phenolic OH excluding ortho intramolecular Hbond substituents is 1. The molecule has 5 heteroatoms. The van der Waals surface area contributed by atoms with E-state index in [9.17, 15) is 9.90 Å². The zero-order chi connectivity index (χ0) is 17.7. The number of hydrogen-bond acceptors (Lipinski definition) is 4. The Morgan fingerprint density at radius 3 is 2.54 bits per heavy atom. The molecule has 24 heavy (non-hydrogen) atoms. The average molecular weight is 329 g/mol. The van der Waals surface area contributed by atoms with Crippen LogP contribution in [0.25, 0.3) is 0 Å². The summed E-state index contributed by atoms with van der Waals surface area (Å²) in [4.78, 5) is 12.4. The number of rotatable bonds is 6. The van der Waals surface area contributed by atoms with Gasteiger partial charge in [-0.1, -0.05) is 19.9 Å². The Labute approximate surface area is 142 Å². The van der Waals surface area contributed by atoms with Crippen molar-refractivity contribution in [2.45, 2.75) is 20.8 Å². The van der Waals surface area contributed by atoms with E-state index in [1.807, 2.05) is 13.0 Å². The highest BCUT2D eigenvalue weighted by atomic mass is 16.5. The second-order valence-electron chi connectivity index (χ2n) is 6.05. The van der Waals surface area contributed by atoms with Crippen molar-refractivity contribution in [1.29, 1.82) is 0 Å². The summed E-state index contributed by atoms with van der Waals surface area (Å²) in [5.41, 5.74) is 1.70. The van der Waals surface area contributed by atoms with Crippen LogP contribution in [0.4, 0.5) is 5.69 Å². The van der Waals surface area contributed by atoms with E-state index in [0.29, 0.717) is 35.3 Å². The maximum atomic E-state index is 12.4. The van der Waals surface area contributed by atoms with Crippen LogP contribution in [0.15, 0.2) is 36.4 Å². The Morgan fingerprint density at radius 1 is 1.17 bits per heavy atom. The first-order valence-corrected chi connectivity index (χ1v) is 7.82. The Bertz CT molecular complexity index is 725. The fourth-order valence-electron chi connectivity index (χ4n) is 2.13. The van der Waals surface area contributed by atoms with Crippen LogP contribution in [0.5, 0.6) is 17.2 Å². The van der Waals surface area contributed by atoms with Gasteiger partial charge in [-0.2, -0.15) is 0 Å². The minimum absolute atomic E-state index is 0.0344. The third-order valence-corrected chi connectivity index (χ3v) is 3.40. The Hall–Kier alpha value is -2.69. The van der Waals surface area contributed by atoms with Gasteiger partial charge in [0, 0.05) is 5.56 Å². The highest BCUT2D eigenvalue weighted by Gasteiger charge is 2.13. The third kappa shape index (κ3) is 4.41. The standard InChI is InChI=1S/C19H23NO4/c1-12(2)11-24-17-8-6-14(10-18(17)23-4)19(22)20-15-7-5-13(3)9-16(15)21/h5-10,12,21H,11H2,1-4H3,(H,20,22). The van der Waals surface area contributed by atoms with Gasteiger partial charge in [-0.3, -0.25) is 4.79 Å². The van der Waals surface area contributed by atoms with Crippen LogP contribution in [-0.2, 0) is 0 Å². The van der Waals surface area contributed by atoms with E-state index < -0.39 is 0 Å². The fraction of sp³-hybridized carbons (Fsp3) is 0.316. The van der Waals surface area contributed by atoms with E-state index in [2.05, 4.69) is 19.2 Å². The van der Waals surface area contributed by atoms with E-state index in [0.717, 1.165) is 5.56 Å². The molecular weight excluding hydrogens is 306 g/mol. The van der Waals surface area contributed by atoms with Crippen LogP contribution in [0.2, 0.25) is 0 Å². The quantitative estimate of drug-likeness (QED) is 0.786. The molecule has 2 aromatic rings. The third-order valence-electron chi connectivity index (χ3n) is 3.40. The van der Waals surface area contributed by atoms with Gasteiger partial charge in [0.25, 0.3) is 5.91 Å². The molecule has 2 aromatic carbocycles. The van der Waals surface area contributed by atoms with Gasteiger partial charge in [0.05, 0.1) is 19.4 Å². The molecule has 128 valence electrons. The van der Waals surface area contributed by atoms with Gasteiger partial charge in [0.15, 0.2) is 11.5 Å². The van der Waals surface area contributed by atoms with E-state index >= 15 is 0 Å². The molecule has 2 N–H and O–H groups in total. The number of carbonyl (C=O) groups excluding carboxylic acids is 1. The number of anilines is 1. The number of methoxy groups -OCH3 is 1. The van der Waals surface area contributed by atoms with Gasteiger partial charge >= 0.3 is 0 Å². The number of phenols is 1. The average Bonchev–Trinajstić information content (AvgIpc) is 2.55. The van der Waals surface area contributed by atoms with Crippen LogP contribution < -0.4 is 14.8 Å². The summed E-state index contributed by atoms with van der Waals surface area (Å²) in [5, 5.41) is 12.6. The predicted octanol–water partition coefficient (Wildman–Crippen LogP) is 4.00. The number of carbonyl (C=O) groups is 1. The summed E-state index contributed by atoms with van der Waals surface area (Å²) in [6.07, 6.45) is 0. The number of amides is 1. The molecule has 0 spiro atoms. The van der Waals surface area contributed by atoms with Crippen molar-refractivity contribution >= 4 is 11.6 Å². The first kappa shape index (κ1) is 17.7. The van der Waals surface area contributed by atoms with Crippen molar-refractivity contribution in [3.8, 4) is 17.2 Å². The molecule has 0 saturated carbocycles. The van der Waals surface area contributed by atoms with Gasteiger partial charge in [0.1, 0.15) is 5.75 Å². The van der Waals surface area contributed by atoms with E-state index in [-0.39, 0.29) is 11.7 Å². The second-order valence-corrected chi connectivity index (χ2v) is 6.05. The molecule has 0 aliphatic heterocycles. The van der Waals surface area contributed by atoms with E-state index in [1.54, 1.807) is 30.3 Å². The largest absolute Gasteiger partial charge is 0.506 e. The van der Waals surface area contributed by atoms with Crippen LogP contribution in [0, 0.1) is 12.8 Å². The van der Waals surface area contributed by atoms with Crippen molar-refractivity contribution in [2.75, 3.05) is 19.0 Å². The minimum atomic E-state index is -0.331. The van der Waals surface area contributed by atoms with Gasteiger partial charge in [0.2, 0.25) is 0 Å². The van der Waals surface area contributed by atoms with E-state index in [1.165, 1.54) is 7.11 Å². The maximum Gasteiger partial charge on any atom is 0.255 e. The fourth-order valence-corrected chi connectivity index (χ4v) is 2.13. The molecule has 0 fully saturated rings. The van der Waals surface area contributed by atoms with Crippen molar-refractivity contribution in [3.05, 3.63) is 47.5 Å². The first-order valence-electron chi connectivity index (χ1n) is 7.82. The summed E-state index contributed by atoms with van der Waals surface area (Å²) in [7, 11) is 1.53. The molecule has 0 aromatic heterocycles. The first-order chi connectivity index (χ1) is 11.4. The molecule has 0 aliphatic carbocycles. The lowest BCUT2D eigenvalue weighted by Gasteiger charge is -2.14. The van der Waals surface area contributed by atoms with Crippen molar-refractivity contribution in [1.82, 2.24) is 0 Å². The number of benzene rings is 2. The summed E-state index contributed by atoms with van der Waals surface area (Å²) < 4.78 is 11.0. The van der Waals surface area contributed by atoms with Crippen LogP contribution in [0.1, 0.15) is 29.8 Å². The van der Waals surface area contributed by atoms with Crippen molar-refractivity contribution < 1.29 is 19.4 Å². The second kappa shape index (κ2) is 7.73. The highest BCUT2D eigenvalue weighted by molar-refractivity contribution is 6.05. The molecule has 1 amide bonds. The molecular formula is C19H23NO4. The lowest BCUT2D eigenvalue weighted by atomic mass is 10.1. The normalized spacial score (nSPS) is 10.5. The Kier molecular flexibility index (Phi) is 5.68. The van der Waals surface area contributed by atoms with Gasteiger partial charge in [-0.15, -0.1) is 0 Å². The molecule has 0 atom stereocenters. The molecule has 2 rings (SSSR count). The highest BCUT2D eigenvalue weighted by Crippen LogP contribution is 2.30. The summed E-state index contributed by atoms with van der Waals surface area (Å²) in [5.74, 6) is 1.19. The Balaban J connectivity index is 2.17. The smallest absolute Gasteiger partial charge is 0.255 e. The van der Waals surface area contributed by atoms with Crippen molar-refractivity contribution in [3.63, 3.8) is 0 Å². The number of ether oxygens (including phenoxy) is 2.